The van der Waals surface area contributed by atoms with Crippen molar-refractivity contribution in [3.05, 3.63) is 0 Å². The first-order valence-corrected chi connectivity index (χ1v) is 39.7. The monoisotopic (exact) mass is 1320 g/mol. The molecule has 0 fully saturated rings. The molecule has 0 aliphatic carbocycles. The molecule has 0 saturated carbocycles. The number of phosphoric acid groups is 2. The molecule has 0 aliphatic rings. The van der Waals surface area contributed by atoms with Gasteiger partial charge in [0.25, 0.3) is 0 Å². The van der Waals surface area contributed by atoms with E-state index < -0.39 is 97.5 Å². The number of hydrogen-bond acceptors (Lipinski definition) is 15. The van der Waals surface area contributed by atoms with Crippen LogP contribution in [0.5, 0.6) is 0 Å². The van der Waals surface area contributed by atoms with Gasteiger partial charge in [0.2, 0.25) is 0 Å². The van der Waals surface area contributed by atoms with Crippen molar-refractivity contribution in [3.63, 3.8) is 0 Å². The van der Waals surface area contributed by atoms with Gasteiger partial charge in [-0.25, -0.2) is 9.13 Å². The molecule has 3 N–H and O–H groups in total. The summed E-state index contributed by atoms with van der Waals surface area (Å²) in [4.78, 5) is 72.5. The number of carbonyl (C=O) groups is 4. The van der Waals surface area contributed by atoms with E-state index in [-0.39, 0.29) is 25.7 Å². The fraction of sp³-hybridized carbons (Fsp3) is 0.944. The van der Waals surface area contributed by atoms with Crippen molar-refractivity contribution in [2.75, 3.05) is 39.6 Å². The first-order valence-electron chi connectivity index (χ1n) is 36.7. The van der Waals surface area contributed by atoms with Crippen LogP contribution in [0.3, 0.4) is 0 Å². The molecule has 90 heavy (non-hydrogen) atoms. The highest BCUT2D eigenvalue weighted by Crippen LogP contribution is 2.45. The number of rotatable bonds is 68. The Balaban J connectivity index is 5.22. The zero-order valence-corrected chi connectivity index (χ0v) is 60.6. The summed E-state index contributed by atoms with van der Waals surface area (Å²) in [5.41, 5.74) is 0. The average Bonchev–Trinajstić information content (AvgIpc) is 3.54. The van der Waals surface area contributed by atoms with Crippen molar-refractivity contribution in [1.29, 1.82) is 0 Å². The number of unbranched alkanes of at least 4 members (excludes halogenated alkanes) is 34. The maximum atomic E-state index is 13.0. The van der Waals surface area contributed by atoms with Crippen molar-refractivity contribution >= 4 is 39.5 Å². The highest BCUT2D eigenvalue weighted by Gasteiger charge is 2.30. The van der Waals surface area contributed by atoms with Crippen LogP contribution in [0, 0.1) is 23.7 Å². The van der Waals surface area contributed by atoms with Crippen LogP contribution < -0.4 is 0 Å². The van der Waals surface area contributed by atoms with Gasteiger partial charge in [-0.1, -0.05) is 299 Å². The molecular formula is C71H138O17P2. The highest BCUT2D eigenvalue weighted by molar-refractivity contribution is 7.47. The summed E-state index contributed by atoms with van der Waals surface area (Å²) in [6.07, 6.45) is 43.4. The molecule has 5 atom stereocenters. The molecule has 17 nitrogen and oxygen atoms in total. The Labute approximate surface area is 549 Å². The molecule has 0 spiro atoms. The third-order valence-corrected chi connectivity index (χ3v) is 18.2. The molecule has 0 aromatic carbocycles. The van der Waals surface area contributed by atoms with E-state index in [4.69, 9.17) is 37.0 Å². The molecule has 0 aromatic heterocycles. The van der Waals surface area contributed by atoms with Gasteiger partial charge < -0.3 is 33.8 Å². The Bertz CT molecular complexity index is 1780. The van der Waals surface area contributed by atoms with Crippen molar-refractivity contribution in [2.45, 2.75) is 369 Å². The topological polar surface area (TPSA) is 237 Å². The van der Waals surface area contributed by atoms with Crippen LogP contribution >= 0.6 is 15.6 Å². The quantitative estimate of drug-likeness (QED) is 0.0222. The lowest BCUT2D eigenvalue weighted by Crippen LogP contribution is -2.30. The summed E-state index contributed by atoms with van der Waals surface area (Å²) in [5.74, 6) is 0.803. The Hall–Kier alpha value is -1.94. The van der Waals surface area contributed by atoms with E-state index in [0.717, 1.165) is 108 Å². The Morgan fingerprint density at radius 3 is 0.689 bits per heavy atom. The normalized spacial score (nSPS) is 14.3. The number of phosphoric ester groups is 2. The molecule has 0 amide bonds. The zero-order chi connectivity index (χ0) is 66.8. The summed E-state index contributed by atoms with van der Waals surface area (Å²) < 4.78 is 68.2. The lowest BCUT2D eigenvalue weighted by molar-refractivity contribution is -0.161. The molecule has 0 heterocycles. The standard InChI is InChI=1S/C71H138O17P2/c1-61(2)47-39-31-23-18-14-12-10-9-11-13-15-21-27-37-45-53-70(75)87-66(57-81-68(73)51-43-35-26-20-17-16-19-24-32-40-48-62(3)4)59-85-89(77,78)83-55-65(72)56-84-90(79,80)86-60-67(88-71(76)54-46-38-30-29-34-42-50-64(7)8)58-82-69(74)52-44-36-28-22-25-33-41-49-63(5)6/h61-67,72H,9-60H2,1-8H3,(H,77,78)(H,79,80)/t65?,66-,67-/m1/s1. The van der Waals surface area contributed by atoms with Gasteiger partial charge >= 0.3 is 39.5 Å². The van der Waals surface area contributed by atoms with Gasteiger partial charge in [0.15, 0.2) is 12.2 Å². The molecule has 0 saturated heterocycles. The first kappa shape index (κ1) is 88.1. The summed E-state index contributed by atoms with van der Waals surface area (Å²) in [7, 11) is -9.90. The number of aliphatic hydroxyl groups is 1. The molecule has 0 aromatic rings. The van der Waals surface area contributed by atoms with Crippen LogP contribution in [-0.4, -0.2) is 96.7 Å². The predicted octanol–water partition coefficient (Wildman–Crippen LogP) is 20.1. The van der Waals surface area contributed by atoms with Crippen molar-refractivity contribution in [1.82, 2.24) is 0 Å². The lowest BCUT2D eigenvalue weighted by atomic mass is 10.0. The van der Waals surface area contributed by atoms with Crippen LogP contribution in [0.1, 0.15) is 351 Å². The third kappa shape index (κ3) is 64.8. The minimum absolute atomic E-state index is 0.101. The van der Waals surface area contributed by atoms with Gasteiger partial charge in [0.1, 0.15) is 19.3 Å². The van der Waals surface area contributed by atoms with E-state index in [1.807, 2.05) is 0 Å². The Morgan fingerprint density at radius 1 is 0.278 bits per heavy atom. The second kappa shape index (κ2) is 60.7. The van der Waals surface area contributed by atoms with Gasteiger partial charge in [0.05, 0.1) is 26.4 Å². The zero-order valence-electron chi connectivity index (χ0n) is 58.8. The van der Waals surface area contributed by atoms with Crippen LogP contribution in [0.25, 0.3) is 0 Å². The van der Waals surface area contributed by atoms with E-state index in [2.05, 4.69) is 55.4 Å². The van der Waals surface area contributed by atoms with Crippen molar-refractivity contribution in [3.8, 4) is 0 Å². The summed E-state index contributed by atoms with van der Waals surface area (Å²) in [5, 5.41) is 10.6. The fourth-order valence-corrected chi connectivity index (χ4v) is 12.2. The van der Waals surface area contributed by atoms with Gasteiger partial charge in [-0.2, -0.15) is 0 Å². The SMILES string of the molecule is CC(C)CCCCCCCCCCCCCCCCCC(=O)O[C@H](COC(=O)CCCCCCCCCCCCC(C)C)COP(=O)(O)OCC(O)COP(=O)(O)OC[C@@H](COC(=O)CCCCCCCCCC(C)C)OC(=O)CCCCCCCCC(C)C. The maximum absolute atomic E-state index is 13.0. The second-order valence-corrected chi connectivity index (χ2v) is 30.4. The minimum Gasteiger partial charge on any atom is -0.462 e. The number of aliphatic hydroxyl groups excluding tert-OH is 1. The molecule has 0 bridgehead atoms. The van der Waals surface area contributed by atoms with E-state index in [1.54, 1.807) is 0 Å². The van der Waals surface area contributed by atoms with Crippen molar-refractivity contribution in [2.24, 2.45) is 23.7 Å². The largest absolute Gasteiger partial charge is 0.472 e. The van der Waals surface area contributed by atoms with Gasteiger partial charge in [-0.05, 0) is 49.4 Å². The molecule has 534 valence electrons. The molecule has 0 rings (SSSR count). The van der Waals surface area contributed by atoms with Crippen molar-refractivity contribution < 1.29 is 80.2 Å². The first-order chi connectivity index (χ1) is 43.1. The number of ether oxygens (including phenoxy) is 4. The Kier molecular flexibility index (Phi) is 59.4. The van der Waals surface area contributed by atoms with Crippen LogP contribution in [0.15, 0.2) is 0 Å². The lowest BCUT2D eigenvalue weighted by Gasteiger charge is -2.21. The summed E-state index contributed by atoms with van der Waals surface area (Å²) >= 11 is 0. The van der Waals surface area contributed by atoms with Gasteiger partial charge in [-0.3, -0.25) is 37.3 Å². The summed E-state index contributed by atoms with van der Waals surface area (Å²) in [6.45, 7) is 14.0. The molecule has 0 aliphatic heterocycles. The van der Waals surface area contributed by atoms with E-state index in [0.29, 0.717) is 37.5 Å². The molecule has 19 heteroatoms. The van der Waals surface area contributed by atoms with E-state index in [9.17, 15) is 43.2 Å². The van der Waals surface area contributed by atoms with Gasteiger partial charge in [0, 0.05) is 25.7 Å². The second-order valence-electron chi connectivity index (χ2n) is 27.5. The predicted molar refractivity (Wildman–Crippen MR) is 363 cm³/mol. The van der Waals surface area contributed by atoms with Gasteiger partial charge in [-0.15, -0.1) is 0 Å². The van der Waals surface area contributed by atoms with E-state index in [1.165, 1.54) is 148 Å². The number of esters is 4. The van der Waals surface area contributed by atoms with Crippen LogP contribution in [-0.2, 0) is 65.4 Å². The molecule has 3 unspecified atom stereocenters. The number of hydrogen-bond donors (Lipinski definition) is 3. The minimum atomic E-state index is -4.95. The summed E-state index contributed by atoms with van der Waals surface area (Å²) in [6, 6.07) is 0. The maximum Gasteiger partial charge on any atom is 0.472 e. The third-order valence-electron chi connectivity index (χ3n) is 16.3. The smallest absolute Gasteiger partial charge is 0.462 e. The fourth-order valence-electron chi connectivity index (χ4n) is 10.7. The van der Waals surface area contributed by atoms with E-state index >= 15 is 0 Å². The average molecular weight is 1330 g/mol. The van der Waals surface area contributed by atoms with Crippen LogP contribution in [0.4, 0.5) is 0 Å². The Morgan fingerprint density at radius 2 is 0.467 bits per heavy atom. The van der Waals surface area contributed by atoms with Crippen LogP contribution in [0.2, 0.25) is 0 Å². The highest BCUT2D eigenvalue weighted by atomic mass is 31.2. The molecular weight excluding hydrogens is 1190 g/mol. The number of carbonyl (C=O) groups excluding carboxylic acids is 4. The molecule has 0 radical (unpaired) electrons.